The maximum absolute atomic E-state index is 13.2. The average molecular weight is 421 g/mol. The first-order valence-corrected chi connectivity index (χ1v) is 10.2. The molecule has 2 aromatic rings. The van der Waals surface area contributed by atoms with Crippen molar-refractivity contribution < 1.29 is 19.1 Å². The molecule has 0 atom stereocenters. The molecule has 1 heterocycles. The molecule has 1 saturated heterocycles. The summed E-state index contributed by atoms with van der Waals surface area (Å²) in [6.45, 7) is 9.58. The number of rotatable bonds is 6. The van der Waals surface area contributed by atoms with Crippen LogP contribution in [0.4, 0.5) is 16.2 Å². The van der Waals surface area contributed by atoms with Gasteiger partial charge in [0.25, 0.3) is 11.8 Å². The Morgan fingerprint density at radius 1 is 1.00 bits per heavy atom. The zero-order valence-electron chi connectivity index (χ0n) is 18.5. The quantitative estimate of drug-likeness (QED) is 0.567. The summed E-state index contributed by atoms with van der Waals surface area (Å²) in [7, 11) is 1.54. The molecule has 1 aliphatic rings. The summed E-state index contributed by atoms with van der Waals surface area (Å²) in [5.41, 5.74) is 3.66. The number of nitrogens with zero attached hydrogens (tertiary/aromatic N) is 2. The van der Waals surface area contributed by atoms with Crippen molar-refractivity contribution in [2.75, 3.05) is 30.0 Å². The number of anilines is 2. The molecule has 0 aromatic heterocycles. The van der Waals surface area contributed by atoms with E-state index in [1.165, 1.54) is 13.2 Å². The summed E-state index contributed by atoms with van der Waals surface area (Å²) >= 11 is 0. The summed E-state index contributed by atoms with van der Waals surface area (Å²) in [5, 5.41) is 2.26. The van der Waals surface area contributed by atoms with E-state index in [4.69, 9.17) is 4.74 Å². The number of urea groups is 1. The third-order valence-corrected chi connectivity index (χ3v) is 5.21. The third-order valence-electron chi connectivity index (χ3n) is 5.21. The van der Waals surface area contributed by atoms with E-state index in [1.807, 2.05) is 32.0 Å². The lowest BCUT2D eigenvalue weighted by atomic mass is 10.0. The highest BCUT2D eigenvalue weighted by Gasteiger charge is 2.37. The Morgan fingerprint density at radius 3 is 2.23 bits per heavy atom. The van der Waals surface area contributed by atoms with E-state index in [0.717, 1.165) is 34.8 Å². The number of imide groups is 2. The largest absolute Gasteiger partial charge is 0.496 e. The molecule has 7 heteroatoms. The highest BCUT2D eigenvalue weighted by molar-refractivity contribution is 6.39. The van der Waals surface area contributed by atoms with Gasteiger partial charge in [0.2, 0.25) is 0 Å². The Hall–Kier alpha value is -3.61. The van der Waals surface area contributed by atoms with E-state index >= 15 is 0 Å². The molecule has 1 fully saturated rings. The van der Waals surface area contributed by atoms with E-state index in [2.05, 4.69) is 24.1 Å². The Bertz CT molecular complexity index is 1050. The Balaban J connectivity index is 2.04. The molecule has 0 bridgehead atoms. The van der Waals surface area contributed by atoms with Crippen molar-refractivity contribution in [1.82, 2.24) is 5.32 Å². The van der Waals surface area contributed by atoms with Gasteiger partial charge in [-0.3, -0.25) is 14.9 Å². The number of benzene rings is 2. The molecule has 4 amide bonds. The van der Waals surface area contributed by atoms with E-state index in [-0.39, 0.29) is 5.57 Å². The number of nitrogens with one attached hydrogen (secondary N) is 1. The number of methoxy groups -OCH3 is 1. The first-order chi connectivity index (χ1) is 14.8. The van der Waals surface area contributed by atoms with Crippen LogP contribution in [0.2, 0.25) is 0 Å². The topological polar surface area (TPSA) is 79.0 Å². The molecule has 2 aromatic carbocycles. The molecule has 7 nitrogen and oxygen atoms in total. The second-order valence-electron chi connectivity index (χ2n) is 7.40. The number of ether oxygens (including phenoxy) is 1. The van der Waals surface area contributed by atoms with Crippen LogP contribution in [-0.2, 0) is 9.59 Å². The van der Waals surface area contributed by atoms with Crippen LogP contribution in [0.3, 0.4) is 0 Å². The fourth-order valence-corrected chi connectivity index (χ4v) is 3.73. The molecule has 3 rings (SSSR count). The van der Waals surface area contributed by atoms with Crippen molar-refractivity contribution >= 4 is 35.3 Å². The van der Waals surface area contributed by atoms with Gasteiger partial charge in [-0.05, 0) is 69.2 Å². The molecule has 1 N–H and O–H groups in total. The molecule has 0 unspecified atom stereocenters. The first-order valence-electron chi connectivity index (χ1n) is 10.2. The van der Waals surface area contributed by atoms with Gasteiger partial charge in [-0.25, -0.2) is 9.69 Å². The number of aryl methyl sites for hydroxylation is 2. The minimum atomic E-state index is -0.763. The summed E-state index contributed by atoms with van der Waals surface area (Å²) < 4.78 is 5.51. The van der Waals surface area contributed by atoms with Gasteiger partial charge < -0.3 is 9.64 Å². The van der Waals surface area contributed by atoms with Gasteiger partial charge in [0, 0.05) is 30.4 Å². The highest BCUT2D eigenvalue weighted by atomic mass is 16.5. The lowest BCUT2D eigenvalue weighted by molar-refractivity contribution is -0.122. The predicted molar refractivity (Wildman–Crippen MR) is 121 cm³/mol. The second kappa shape index (κ2) is 9.04. The van der Waals surface area contributed by atoms with Gasteiger partial charge in [-0.2, -0.15) is 0 Å². The monoisotopic (exact) mass is 421 g/mol. The SMILES string of the molecule is CCN(CC)c1ccc(/C=C2/C(=O)NC(=O)N(c3cc(C)cc(C)c3)C2=O)c(OC)c1. The zero-order chi connectivity index (χ0) is 22.7. The Morgan fingerprint density at radius 2 is 1.65 bits per heavy atom. The van der Waals surface area contributed by atoms with Gasteiger partial charge in [-0.1, -0.05) is 6.07 Å². The van der Waals surface area contributed by atoms with Crippen molar-refractivity contribution in [2.45, 2.75) is 27.7 Å². The number of carbonyl (C=O) groups is 3. The summed E-state index contributed by atoms with van der Waals surface area (Å²) in [5.74, 6) is -0.869. The van der Waals surface area contributed by atoms with E-state index in [0.29, 0.717) is 17.0 Å². The fraction of sp³-hybridized carbons (Fsp3) is 0.292. The van der Waals surface area contributed by atoms with Crippen molar-refractivity contribution in [3.8, 4) is 5.75 Å². The maximum atomic E-state index is 13.2. The molecule has 0 radical (unpaired) electrons. The minimum Gasteiger partial charge on any atom is -0.496 e. The lowest BCUT2D eigenvalue weighted by Crippen LogP contribution is -2.54. The van der Waals surface area contributed by atoms with Crippen LogP contribution in [0, 0.1) is 13.8 Å². The molecule has 0 spiro atoms. The van der Waals surface area contributed by atoms with Gasteiger partial charge in [-0.15, -0.1) is 0 Å². The van der Waals surface area contributed by atoms with Crippen molar-refractivity contribution in [2.24, 2.45) is 0 Å². The van der Waals surface area contributed by atoms with Crippen LogP contribution in [0.25, 0.3) is 6.08 Å². The molecular weight excluding hydrogens is 394 g/mol. The van der Waals surface area contributed by atoms with Crippen molar-refractivity contribution in [3.63, 3.8) is 0 Å². The highest BCUT2D eigenvalue weighted by Crippen LogP contribution is 2.29. The summed E-state index contributed by atoms with van der Waals surface area (Å²) in [4.78, 5) is 41.3. The Kier molecular flexibility index (Phi) is 6.44. The number of amides is 4. The molecule has 0 aliphatic carbocycles. The van der Waals surface area contributed by atoms with Crippen LogP contribution in [-0.4, -0.2) is 38.0 Å². The third kappa shape index (κ3) is 4.45. The van der Waals surface area contributed by atoms with Crippen molar-refractivity contribution in [3.05, 3.63) is 58.7 Å². The van der Waals surface area contributed by atoms with Crippen LogP contribution in [0.15, 0.2) is 42.0 Å². The van der Waals surface area contributed by atoms with Crippen molar-refractivity contribution in [1.29, 1.82) is 0 Å². The normalized spacial score (nSPS) is 15.3. The van der Waals surface area contributed by atoms with Crippen LogP contribution < -0.4 is 19.9 Å². The standard InChI is InChI=1S/C24H27N3O4/c1-6-26(7-2)18-9-8-17(21(14-18)31-5)13-20-22(28)25-24(30)27(23(20)29)19-11-15(3)10-16(4)12-19/h8-14H,6-7H2,1-5H3,(H,25,28,30)/b20-13-. The number of barbiturate groups is 1. The van der Waals surface area contributed by atoms with E-state index in [1.54, 1.807) is 18.2 Å². The van der Waals surface area contributed by atoms with Gasteiger partial charge >= 0.3 is 6.03 Å². The van der Waals surface area contributed by atoms with Gasteiger partial charge in [0.1, 0.15) is 11.3 Å². The van der Waals surface area contributed by atoms with Gasteiger partial charge in [0.15, 0.2) is 0 Å². The first kappa shape index (κ1) is 22.1. The lowest BCUT2D eigenvalue weighted by Gasteiger charge is -2.27. The maximum Gasteiger partial charge on any atom is 0.335 e. The summed E-state index contributed by atoms with van der Waals surface area (Å²) in [6, 6.07) is 10.2. The van der Waals surface area contributed by atoms with Gasteiger partial charge in [0.05, 0.1) is 12.8 Å². The average Bonchev–Trinajstić information content (AvgIpc) is 2.71. The number of hydrogen-bond acceptors (Lipinski definition) is 5. The predicted octanol–water partition coefficient (Wildman–Crippen LogP) is 3.82. The zero-order valence-corrected chi connectivity index (χ0v) is 18.5. The minimum absolute atomic E-state index is 0.132. The molecular formula is C24H27N3O4. The van der Waals surface area contributed by atoms with E-state index < -0.39 is 17.8 Å². The van der Waals surface area contributed by atoms with Crippen LogP contribution in [0.1, 0.15) is 30.5 Å². The van der Waals surface area contributed by atoms with E-state index in [9.17, 15) is 14.4 Å². The second-order valence-corrected chi connectivity index (χ2v) is 7.40. The molecule has 31 heavy (non-hydrogen) atoms. The number of carbonyl (C=O) groups excluding carboxylic acids is 3. The molecule has 162 valence electrons. The molecule has 1 aliphatic heterocycles. The number of hydrogen-bond donors (Lipinski definition) is 1. The fourth-order valence-electron chi connectivity index (χ4n) is 3.73. The Labute approximate surface area is 182 Å². The summed E-state index contributed by atoms with van der Waals surface area (Å²) in [6.07, 6.45) is 1.46. The molecule has 0 saturated carbocycles. The van der Waals surface area contributed by atoms with Crippen LogP contribution >= 0.6 is 0 Å². The smallest absolute Gasteiger partial charge is 0.335 e. The van der Waals surface area contributed by atoms with Crippen LogP contribution in [0.5, 0.6) is 5.75 Å².